The third-order valence-electron chi connectivity index (χ3n) is 3.99. The molecule has 128 valence electrons. The lowest BCUT2D eigenvalue weighted by molar-refractivity contribution is -0.140. The van der Waals surface area contributed by atoms with Gasteiger partial charge in [0.05, 0.1) is 5.69 Å². The zero-order chi connectivity index (χ0) is 17.9. The number of nitrogens with zero attached hydrogens (tertiary/aromatic N) is 2. The molecule has 0 saturated carbocycles. The molecule has 2 aromatic rings. The second kappa shape index (κ2) is 7.25. The molecule has 0 aliphatic rings. The molecule has 1 aromatic heterocycles. The molecule has 0 aliphatic heterocycles. The molecule has 6 nitrogen and oxygen atoms in total. The van der Waals surface area contributed by atoms with E-state index in [1.165, 1.54) is 22.9 Å². The van der Waals surface area contributed by atoms with Crippen molar-refractivity contribution in [3.8, 4) is 5.69 Å². The predicted molar refractivity (Wildman–Crippen MR) is 86.6 cm³/mol. The molecule has 2 rings (SSSR count). The first-order valence-electron chi connectivity index (χ1n) is 7.69. The first-order valence-corrected chi connectivity index (χ1v) is 7.69. The lowest BCUT2D eigenvalue weighted by Gasteiger charge is -2.19. The van der Waals surface area contributed by atoms with Crippen LogP contribution in [0, 0.1) is 18.7 Å². The minimum absolute atomic E-state index is 0.105. The van der Waals surface area contributed by atoms with Crippen molar-refractivity contribution in [1.29, 1.82) is 0 Å². The lowest BCUT2D eigenvalue weighted by atomic mass is 9.99. The van der Waals surface area contributed by atoms with Crippen LogP contribution in [0.4, 0.5) is 4.39 Å². The van der Waals surface area contributed by atoms with E-state index in [2.05, 4.69) is 10.4 Å². The third kappa shape index (κ3) is 3.79. The van der Waals surface area contributed by atoms with E-state index in [0.717, 1.165) is 0 Å². The molecule has 1 amide bonds. The first kappa shape index (κ1) is 17.7. The van der Waals surface area contributed by atoms with Crippen LogP contribution in [0.5, 0.6) is 0 Å². The normalized spacial score (nSPS) is 13.3. The highest BCUT2D eigenvalue weighted by molar-refractivity contribution is 5.95. The molecule has 0 saturated heterocycles. The van der Waals surface area contributed by atoms with Crippen molar-refractivity contribution in [2.75, 3.05) is 0 Å². The molecule has 1 aromatic carbocycles. The average Bonchev–Trinajstić information content (AvgIpc) is 3.01. The molecule has 2 atom stereocenters. The topological polar surface area (TPSA) is 84.2 Å². The largest absolute Gasteiger partial charge is 0.480 e. The van der Waals surface area contributed by atoms with Gasteiger partial charge in [0.25, 0.3) is 5.91 Å². The van der Waals surface area contributed by atoms with E-state index < -0.39 is 17.9 Å². The number of hydrogen-bond donors (Lipinski definition) is 2. The van der Waals surface area contributed by atoms with Gasteiger partial charge in [0, 0.05) is 6.20 Å². The number of amides is 1. The summed E-state index contributed by atoms with van der Waals surface area (Å²) in [5.74, 6) is -2.18. The van der Waals surface area contributed by atoms with E-state index in [0.29, 0.717) is 17.7 Å². The number of aryl methyl sites for hydroxylation is 1. The van der Waals surface area contributed by atoms with Crippen molar-refractivity contribution in [3.05, 3.63) is 47.5 Å². The molecule has 0 radical (unpaired) electrons. The van der Waals surface area contributed by atoms with Gasteiger partial charge in [0.1, 0.15) is 11.9 Å². The van der Waals surface area contributed by atoms with Gasteiger partial charge < -0.3 is 10.4 Å². The Morgan fingerprint density at radius 3 is 2.67 bits per heavy atom. The van der Waals surface area contributed by atoms with E-state index in [1.54, 1.807) is 26.1 Å². The monoisotopic (exact) mass is 333 g/mol. The summed E-state index contributed by atoms with van der Waals surface area (Å²) in [6.07, 6.45) is 2.20. The number of aromatic nitrogens is 2. The molecule has 1 heterocycles. The Morgan fingerprint density at radius 1 is 1.38 bits per heavy atom. The number of nitrogens with one attached hydrogen (secondary N) is 1. The predicted octanol–water partition coefficient (Wildman–Crippen LogP) is 2.55. The van der Waals surface area contributed by atoms with E-state index in [-0.39, 0.29) is 17.4 Å². The maximum absolute atomic E-state index is 13.2. The van der Waals surface area contributed by atoms with Crippen LogP contribution in [0.3, 0.4) is 0 Å². The summed E-state index contributed by atoms with van der Waals surface area (Å²) >= 11 is 0. The Hall–Kier alpha value is -2.70. The van der Waals surface area contributed by atoms with E-state index in [9.17, 15) is 19.1 Å². The second-order valence-electron chi connectivity index (χ2n) is 5.75. The van der Waals surface area contributed by atoms with Crippen molar-refractivity contribution < 1.29 is 19.1 Å². The average molecular weight is 333 g/mol. The van der Waals surface area contributed by atoms with Gasteiger partial charge in [0.2, 0.25) is 0 Å². The quantitative estimate of drug-likeness (QED) is 0.851. The zero-order valence-electron chi connectivity index (χ0n) is 13.8. The maximum atomic E-state index is 13.2. The lowest BCUT2D eigenvalue weighted by Crippen LogP contribution is -2.45. The molecular formula is C17H20FN3O3. The van der Waals surface area contributed by atoms with Crippen LogP contribution in [0.1, 0.15) is 36.3 Å². The highest BCUT2D eigenvalue weighted by Gasteiger charge is 2.26. The number of halogens is 1. The third-order valence-corrected chi connectivity index (χ3v) is 3.99. The second-order valence-corrected chi connectivity index (χ2v) is 5.75. The number of aliphatic carboxylic acids is 1. The van der Waals surface area contributed by atoms with E-state index >= 15 is 0 Å². The van der Waals surface area contributed by atoms with Gasteiger partial charge in [-0.05, 0) is 42.7 Å². The summed E-state index contributed by atoms with van der Waals surface area (Å²) in [5, 5.41) is 15.9. The van der Waals surface area contributed by atoms with Gasteiger partial charge in [-0.25, -0.2) is 13.9 Å². The van der Waals surface area contributed by atoms with Crippen LogP contribution in [0.15, 0.2) is 30.5 Å². The summed E-state index contributed by atoms with van der Waals surface area (Å²) in [6.45, 7) is 5.36. The molecule has 0 unspecified atom stereocenters. The van der Waals surface area contributed by atoms with Crippen molar-refractivity contribution in [2.24, 2.45) is 5.92 Å². The SMILES string of the molecule is CC[C@H](C)[C@H](NC(=O)c1ccn(-c2ccc(F)cc2C)n1)C(=O)O. The number of carboxylic acids is 1. The zero-order valence-corrected chi connectivity index (χ0v) is 13.8. The van der Waals surface area contributed by atoms with Gasteiger partial charge >= 0.3 is 5.97 Å². The van der Waals surface area contributed by atoms with Gasteiger partial charge in [-0.3, -0.25) is 4.79 Å². The minimum Gasteiger partial charge on any atom is -0.480 e. The van der Waals surface area contributed by atoms with Crippen molar-refractivity contribution in [1.82, 2.24) is 15.1 Å². The Morgan fingerprint density at radius 2 is 2.08 bits per heavy atom. The summed E-state index contributed by atoms with van der Waals surface area (Å²) < 4.78 is 14.6. The fourth-order valence-corrected chi connectivity index (χ4v) is 2.35. The molecule has 0 aliphatic carbocycles. The maximum Gasteiger partial charge on any atom is 0.326 e. The minimum atomic E-state index is -1.08. The van der Waals surface area contributed by atoms with Gasteiger partial charge in [-0.15, -0.1) is 0 Å². The number of carbonyl (C=O) groups excluding carboxylic acids is 1. The highest BCUT2D eigenvalue weighted by atomic mass is 19.1. The number of hydrogen-bond acceptors (Lipinski definition) is 3. The van der Waals surface area contributed by atoms with Crippen LogP contribution < -0.4 is 5.32 Å². The number of benzene rings is 1. The molecule has 2 N–H and O–H groups in total. The fourth-order valence-electron chi connectivity index (χ4n) is 2.35. The van der Waals surface area contributed by atoms with Gasteiger partial charge in [-0.1, -0.05) is 20.3 Å². The van der Waals surface area contributed by atoms with Crippen LogP contribution in [0.25, 0.3) is 5.69 Å². The van der Waals surface area contributed by atoms with Crippen molar-refractivity contribution >= 4 is 11.9 Å². The molecule has 0 spiro atoms. The number of carbonyl (C=O) groups is 2. The van der Waals surface area contributed by atoms with Crippen LogP contribution >= 0.6 is 0 Å². The number of carboxylic acid groups (broad SMARTS) is 1. The molecule has 0 fully saturated rings. The Kier molecular flexibility index (Phi) is 5.33. The summed E-state index contributed by atoms with van der Waals surface area (Å²) in [6, 6.07) is 4.78. The fraction of sp³-hybridized carbons (Fsp3) is 0.353. The molecular weight excluding hydrogens is 313 g/mol. The van der Waals surface area contributed by atoms with Gasteiger partial charge in [-0.2, -0.15) is 5.10 Å². The number of rotatable bonds is 6. The van der Waals surface area contributed by atoms with E-state index in [4.69, 9.17) is 0 Å². The smallest absolute Gasteiger partial charge is 0.326 e. The van der Waals surface area contributed by atoms with Crippen molar-refractivity contribution in [3.63, 3.8) is 0 Å². The van der Waals surface area contributed by atoms with Crippen LogP contribution in [0.2, 0.25) is 0 Å². The Labute approximate surface area is 139 Å². The summed E-state index contributed by atoms with van der Waals surface area (Å²) in [7, 11) is 0. The highest BCUT2D eigenvalue weighted by Crippen LogP contribution is 2.15. The van der Waals surface area contributed by atoms with Crippen LogP contribution in [-0.4, -0.2) is 32.8 Å². The summed E-state index contributed by atoms with van der Waals surface area (Å²) in [4.78, 5) is 23.5. The van der Waals surface area contributed by atoms with Crippen LogP contribution in [-0.2, 0) is 4.79 Å². The van der Waals surface area contributed by atoms with Gasteiger partial charge in [0.15, 0.2) is 5.69 Å². The first-order chi connectivity index (χ1) is 11.3. The Bertz CT molecular complexity index is 757. The Balaban J connectivity index is 2.20. The molecule has 0 bridgehead atoms. The molecule has 7 heteroatoms. The molecule has 24 heavy (non-hydrogen) atoms. The standard InChI is InChI=1S/C17H20FN3O3/c1-4-10(2)15(17(23)24)19-16(22)13-7-8-21(20-13)14-6-5-12(18)9-11(14)3/h5-10,15H,4H2,1-3H3,(H,19,22)(H,23,24)/t10-,15-/m0/s1. The van der Waals surface area contributed by atoms with E-state index in [1.807, 2.05) is 6.92 Å². The summed E-state index contributed by atoms with van der Waals surface area (Å²) in [5.41, 5.74) is 1.42. The van der Waals surface area contributed by atoms with Crippen molar-refractivity contribution in [2.45, 2.75) is 33.2 Å².